The molecule has 0 saturated heterocycles. The van der Waals surface area contributed by atoms with Crippen LogP contribution in [0.4, 0.5) is 0 Å². The van der Waals surface area contributed by atoms with Crippen molar-refractivity contribution in [3.05, 3.63) is 53.6 Å². The highest BCUT2D eigenvalue weighted by Gasteiger charge is 2.08. The summed E-state index contributed by atoms with van der Waals surface area (Å²) >= 11 is 0. The zero-order valence-electron chi connectivity index (χ0n) is 10.7. The van der Waals surface area contributed by atoms with E-state index in [9.17, 15) is 10.2 Å². The Morgan fingerprint density at radius 1 is 1.00 bits per heavy atom. The fraction of sp³-hybridized carbons (Fsp3) is 0.125. The van der Waals surface area contributed by atoms with E-state index in [2.05, 4.69) is 0 Å². The van der Waals surface area contributed by atoms with Crippen LogP contribution in [0.5, 0.6) is 17.2 Å². The second-order valence-corrected chi connectivity index (χ2v) is 4.06. The first-order valence-electron chi connectivity index (χ1n) is 6.12. The Labute approximate surface area is 112 Å². The second kappa shape index (κ2) is 5.96. The average Bonchev–Trinajstić information content (AvgIpc) is 2.43. The number of ether oxygens (including phenoxy) is 1. The molecule has 0 aliphatic rings. The number of rotatable bonds is 4. The zero-order valence-corrected chi connectivity index (χ0v) is 10.7. The first kappa shape index (κ1) is 13.0. The third kappa shape index (κ3) is 3.28. The van der Waals surface area contributed by atoms with Crippen LogP contribution in [0.3, 0.4) is 0 Å². The van der Waals surface area contributed by atoms with Gasteiger partial charge in [0.15, 0.2) is 11.5 Å². The summed E-state index contributed by atoms with van der Waals surface area (Å²) < 4.78 is 5.27. The fourth-order valence-corrected chi connectivity index (χ4v) is 1.73. The summed E-state index contributed by atoms with van der Waals surface area (Å²) in [6.07, 6.45) is 3.79. The lowest BCUT2D eigenvalue weighted by atomic mass is 10.1. The fourth-order valence-electron chi connectivity index (χ4n) is 1.73. The Morgan fingerprint density at radius 2 is 1.68 bits per heavy atom. The standard InChI is InChI=1S/C16H16O3/c1-2-19-15-11-13(10-14(17)16(15)18)9-8-12-6-4-3-5-7-12/h3-11,17-18H,2H2,1H3/b9-8+. The summed E-state index contributed by atoms with van der Waals surface area (Å²) in [6, 6.07) is 13.0. The third-order valence-corrected chi connectivity index (χ3v) is 2.64. The van der Waals surface area contributed by atoms with Crippen molar-refractivity contribution in [2.45, 2.75) is 6.92 Å². The van der Waals surface area contributed by atoms with Crippen molar-refractivity contribution in [1.82, 2.24) is 0 Å². The molecular formula is C16H16O3. The number of hydrogen-bond donors (Lipinski definition) is 2. The molecule has 3 heteroatoms. The molecule has 0 unspecified atom stereocenters. The van der Waals surface area contributed by atoms with Crippen molar-refractivity contribution < 1.29 is 14.9 Å². The molecule has 0 aliphatic carbocycles. The molecule has 2 rings (SSSR count). The largest absolute Gasteiger partial charge is 0.504 e. The molecule has 0 aromatic heterocycles. The molecule has 3 nitrogen and oxygen atoms in total. The molecule has 2 N–H and O–H groups in total. The summed E-state index contributed by atoms with van der Waals surface area (Å²) in [6.45, 7) is 2.25. The van der Waals surface area contributed by atoms with Crippen molar-refractivity contribution in [2.75, 3.05) is 6.61 Å². The van der Waals surface area contributed by atoms with Crippen molar-refractivity contribution in [2.24, 2.45) is 0 Å². The number of phenolic OH excluding ortho intramolecular Hbond substituents is 2. The Balaban J connectivity index is 2.28. The number of hydrogen-bond acceptors (Lipinski definition) is 3. The van der Waals surface area contributed by atoms with E-state index in [4.69, 9.17) is 4.74 Å². The quantitative estimate of drug-likeness (QED) is 0.648. The third-order valence-electron chi connectivity index (χ3n) is 2.64. The van der Waals surface area contributed by atoms with E-state index in [0.717, 1.165) is 11.1 Å². The van der Waals surface area contributed by atoms with E-state index in [0.29, 0.717) is 6.61 Å². The minimum absolute atomic E-state index is 0.182. The van der Waals surface area contributed by atoms with Gasteiger partial charge in [0.25, 0.3) is 0 Å². The van der Waals surface area contributed by atoms with Gasteiger partial charge in [0, 0.05) is 0 Å². The van der Waals surface area contributed by atoms with Gasteiger partial charge in [-0.2, -0.15) is 0 Å². The van der Waals surface area contributed by atoms with E-state index >= 15 is 0 Å². The van der Waals surface area contributed by atoms with Crippen molar-refractivity contribution >= 4 is 12.2 Å². The second-order valence-electron chi connectivity index (χ2n) is 4.06. The van der Waals surface area contributed by atoms with Gasteiger partial charge in [0.2, 0.25) is 5.75 Å². The van der Waals surface area contributed by atoms with Crippen molar-refractivity contribution in [3.8, 4) is 17.2 Å². The summed E-state index contributed by atoms with van der Waals surface area (Å²) in [4.78, 5) is 0. The summed E-state index contributed by atoms with van der Waals surface area (Å²) in [5, 5.41) is 19.3. The molecule has 98 valence electrons. The summed E-state index contributed by atoms with van der Waals surface area (Å²) in [7, 11) is 0. The molecule has 0 spiro atoms. The zero-order chi connectivity index (χ0) is 13.7. The molecule has 0 bridgehead atoms. The minimum Gasteiger partial charge on any atom is -0.504 e. The Bertz CT molecular complexity index is 574. The van der Waals surface area contributed by atoms with E-state index in [1.807, 2.05) is 49.4 Å². The van der Waals surface area contributed by atoms with Gasteiger partial charge in [0.05, 0.1) is 6.61 Å². The van der Waals surface area contributed by atoms with Crippen LogP contribution >= 0.6 is 0 Å². The molecule has 0 saturated carbocycles. The van der Waals surface area contributed by atoms with Crippen LogP contribution in [0.1, 0.15) is 18.1 Å². The topological polar surface area (TPSA) is 49.7 Å². The monoisotopic (exact) mass is 256 g/mol. The first-order valence-corrected chi connectivity index (χ1v) is 6.12. The minimum atomic E-state index is -0.223. The van der Waals surface area contributed by atoms with E-state index in [1.54, 1.807) is 6.07 Å². The smallest absolute Gasteiger partial charge is 0.200 e. The predicted molar refractivity (Wildman–Crippen MR) is 76.3 cm³/mol. The van der Waals surface area contributed by atoms with Crippen LogP contribution in [0.15, 0.2) is 42.5 Å². The number of aromatic hydroxyl groups is 2. The summed E-state index contributed by atoms with van der Waals surface area (Å²) in [5.41, 5.74) is 1.83. The van der Waals surface area contributed by atoms with Crippen LogP contribution in [-0.4, -0.2) is 16.8 Å². The maximum Gasteiger partial charge on any atom is 0.200 e. The molecule has 0 amide bonds. The van der Waals surface area contributed by atoms with E-state index < -0.39 is 0 Å². The predicted octanol–water partition coefficient (Wildman–Crippen LogP) is 3.67. The lowest BCUT2D eigenvalue weighted by molar-refractivity contribution is 0.309. The lowest BCUT2D eigenvalue weighted by Gasteiger charge is -2.08. The highest BCUT2D eigenvalue weighted by Crippen LogP contribution is 2.37. The van der Waals surface area contributed by atoms with Gasteiger partial charge >= 0.3 is 0 Å². The van der Waals surface area contributed by atoms with Crippen molar-refractivity contribution in [1.29, 1.82) is 0 Å². The highest BCUT2D eigenvalue weighted by atomic mass is 16.5. The molecule has 0 fully saturated rings. The molecular weight excluding hydrogens is 240 g/mol. The molecule has 2 aromatic rings. The number of phenols is 2. The SMILES string of the molecule is CCOc1cc(/C=C/c2ccccc2)cc(O)c1O. The lowest BCUT2D eigenvalue weighted by Crippen LogP contribution is -1.92. The van der Waals surface area contributed by atoms with Crippen LogP contribution in [0.2, 0.25) is 0 Å². The van der Waals surface area contributed by atoms with Crippen molar-refractivity contribution in [3.63, 3.8) is 0 Å². The number of benzene rings is 2. The van der Waals surface area contributed by atoms with Gasteiger partial charge in [-0.05, 0) is 30.2 Å². The van der Waals surface area contributed by atoms with Gasteiger partial charge in [-0.3, -0.25) is 0 Å². The van der Waals surface area contributed by atoms with Gasteiger partial charge in [-0.25, -0.2) is 0 Å². The van der Waals surface area contributed by atoms with Crippen LogP contribution in [0, 0.1) is 0 Å². The van der Waals surface area contributed by atoms with Crippen LogP contribution < -0.4 is 4.74 Å². The van der Waals surface area contributed by atoms with Gasteiger partial charge in [-0.1, -0.05) is 42.5 Å². The van der Waals surface area contributed by atoms with Gasteiger partial charge in [-0.15, -0.1) is 0 Å². The maximum absolute atomic E-state index is 9.64. The molecule has 2 aromatic carbocycles. The maximum atomic E-state index is 9.64. The average molecular weight is 256 g/mol. The van der Waals surface area contributed by atoms with Crippen LogP contribution in [0.25, 0.3) is 12.2 Å². The van der Waals surface area contributed by atoms with Crippen LogP contribution in [-0.2, 0) is 0 Å². The Kier molecular flexibility index (Phi) is 4.08. The van der Waals surface area contributed by atoms with Gasteiger partial charge < -0.3 is 14.9 Å². The molecule has 0 heterocycles. The van der Waals surface area contributed by atoms with E-state index in [-0.39, 0.29) is 17.2 Å². The van der Waals surface area contributed by atoms with Gasteiger partial charge in [0.1, 0.15) is 0 Å². The highest BCUT2D eigenvalue weighted by molar-refractivity contribution is 5.72. The van der Waals surface area contributed by atoms with E-state index in [1.165, 1.54) is 6.07 Å². The molecule has 0 atom stereocenters. The molecule has 0 radical (unpaired) electrons. The summed E-state index contributed by atoms with van der Waals surface area (Å²) in [5.74, 6) is -0.118. The first-order chi connectivity index (χ1) is 9.20. The molecule has 19 heavy (non-hydrogen) atoms. The Morgan fingerprint density at radius 3 is 2.37 bits per heavy atom. The Hall–Kier alpha value is -2.42. The molecule has 0 aliphatic heterocycles. The normalized spacial score (nSPS) is 10.8.